The molecule has 0 aliphatic heterocycles. The van der Waals surface area contributed by atoms with Crippen LogP contribution in [0.2, 0.25) is 0 Å². The summed E-state index contributed by atoms with van der Waals surface area (Å²) in [5.41, 5.74) is -0.0311. The van der Waals surface area contributed by atoms with Gasteiger partial charge in [-0.1, -0.05) is 13.3 Å². The van der Waals surface area contributed by atoms with Crippen LogP contribution >= 0.6 is 0 Å². The second kappa shape index (κ2) is 4.36. The zero-order valence-corrected chi connectivity index (χ0v) is 10.2. The Kier molecular flexibility index (Phi) is 3.24. The minimum absolute atomic E-state index is 0.0311. The Morgan fingerprint density at radius 3 is 2.75 bits per heavy atom. The van der Waals surface area contributed by atoms with Crippen molar-refractivity contribution in [2.75, 3.05) is 0 Å². The van der Waals surface area contributed by atoms with E-state index < -0.39 is 0 Å². The SMILES string of the molecule is CC(=O)OC1CCCC2(C)C(O)CCCC12. The number of aliphatic hydroxyl groups excluding tert-OH is 1. The molecule has 0 bridgehead atoms. The molecule has 0 radical (unpaired) electrons. The van der Waals surface area contributed by atoms with E-state index in [9.17, 15) is 9.90 Å². The van der Waals surface area contributed by atoms with Gasteiger partial charge in [0.1, 0.15) is 6.10 Å². The van der Waals surface area contributed by atoms with Crippen LogP contribution in [0.1, 0.15) is 52.4 Å². The number of hydrogen-bond acceptors (Lipinski definition) is 3. The van der Waals surface area contributed by atoms with Crippen molar-refractivity contribution in [3.05, 3.63) is 0 Å². The molecule has 2 aliphatic rings. The Bertz CT molecular complexity index is 276. The third-order valence-electron chi connectivity index (χ3n) is 4.57. The van der Waals surface area contributed by atoms with Gasteiger partial charge in [-0.05, 0) is 37.5 Å². The van der Waals surface area contributed by atoms with Crippen LogP contribution in [0.15, 0.2) is 0 Å². The Morgan fingerprint density at radius 1 is 1.31 bits per heavy atom. The maximum atomic E-state index is 11.1. The predicted molar refractivity (Wildman–Crippen MR) is 60.9 cm³/mol. The number of hydrogen-bond donors (Lipinski definition) is 1. The minimum atomic E-state index is -0.218. The summed E-state index contributed by atoms with van der Waals surface area (Å²) in [5.74, 6) is 0.170. The van der Waals surface area contributed by atoms with Gasteiger partial charge in [-0.2, -0.15) is 0 Å². The van der Waals surface area contributed by atoms with Crippen LogP contribution in [-0.4, -0.2) is 23.3 Å². The molecule has 0 aromatic carbocycles. The Hall–Kier alpha value is -0.570. The molecule has 0 spiro atoms. The highest BCUT2D eigenvalue weighted by Gasteiger charge is 2.49. The molecule has 0 saturated heterocycles. The van der Waals surface area contributed by atoms with E-state index in [0.29, 0.717) is 5.92 Å². The van der Waals surface area contributed by atoms with Crippen LogP contribution in [0.5, 0.6) is 0 Å². The van der Waals surface area contributed by atoms with Crippen LogP contribution in [0.25, 0.3) is 0 Å². The molecule has 3 nitrogen and oxygen atoms in total. The second-order valence-electron chi connectivity index (χ2n) is 5.60. The lowest BCUT2D eigenvalue weighted by molar-refractivity contribution is -0.166. The summed E-state index contributed by atoms with van der Waals surface area (Å²) in [6.07, 6.45) is 5.95. The van der Waals surface area contributed by atoms with Gasteiger partial charge in [-0.3, -0.25) is 4.79 Å². The van der Waals surface area contributed by atoms with Gasteiger partial charge in [-0.15, -0.1) is 0 Å². The van der Waals surface area contributed by atoms with E-state index in [2.05, 4.69) is 6.92 Å². The smallest absolute Gasteiger partial charge is 0.302 e. The summed E-state index contributed by atoms with van der Waals surface area (Å²) in [5, 5.41) is 10.2. The number of carbonyl (C=O) groups excluding carboxylic acids is 1. The summed E-state index contributed by atoms with van der Waals surface area (Å²) in [6, 6.07) is 0. The van der Waals surface area contributed by atoms with Gasteiger partial charge in [0.25, 0.3) is 0 Å². The Morgan fingerprint density at radius 2 is 2.06 bits per heavy atom. The molecule has 2 rings (SSSR count). The molecule has 0 amide bonds. The first kappa shape index (κ1) is 11.9. The molecule has 2 aliphatic carbocycles. The van der Waals surface area contributed by atoms with Crippen LogP contribution in [-0.2, 0) is 9.53 Å². The van der Waals surface area contributed by atoms with E-state index >= 15 is 0 Å². The molecule has 4 atom stereocenters. The van der Waals surface area contributed by atoms with Crippen molar-refractivity contribution < 1.29 is 14.6 Å². The highest BCUT2D eigenvalue weighted by atomic mass is 16.5. The topological polar surface area (TPSA) is 46.5 Å². The number of aliphatic hydroxyl groups is 1. The lowest BCUT2D eigenvalue weighted by Gasteiger charge is -2.51. The fourth-order valence-corrected chi connectivity index (χ4v) is 3.64. The summed E-state index contributed by atoms with van der Waals surface area (Å²) in [6.45, 7) is 3.64. The first-order chi connectivity index (χ1) is 7.54. The van der Waals surface area contributed by atoms with Crippen molar-refractivity contribution in [2.45, 2.75) is 64.6 Å². The second-order valence-corrected chi connectivity index (χ2v) is 5.60. The monoisotopic (exact) mass is 226 g/mol. The molecular formula is C13H22O3. The number of esters is 1. The van der Waals surface area contributed by atoms with Crippen molar-refractivity contribution in [3.8, 4) is 0 Å². The molecule has 1 N–H and O–H groups in total. The fourth-order valence-electron chi connectivity index (χ4n) is 3.64. The average Bonchev–Trinajstić information content (AvgIpc) is 2.20. The number of carbonyl (C=O) groups is 1. The quantitative estimate of drug-likeness (QED) is 0.698. The summed E-state index contributed by atoms with van der Waals surface area (Å²) in [4.78, 5) is 11.1. The predicted octanol–water partition coefficient (Wildman–Crippen LogP) is 2.27. The first-order valence-corrected chi connectivity index (χ1v) is 6.39. The van der Waals surface area contributed by atoms with E-state index in [1.165, 1.54) is 6.92 Å². The minimum Gasteiger partial charge on any atom is -0.462 e. The number of rotatable bonds is 1. The lowest BCUT2D eigenvalue weighted by Crippen LogP contribution is -2.51. The molecule has 16 heavy (non-hydrogen) atoms. The first-order valence-electron chi connectivity index (χ1n) is 6.39. The Labute approximate surface area is 97.2 Å². The standard InChI is InChI=1S/C13H22O3/c1-9(14)16-11-6-4-8-13(2)10(11)5-3-7-12(13)15/h10-12,15H,3-8H2,1-2H3. The molecule has 92 valence electrons. The van der Waals surface area contributed by atoms with Crippen molar-refractivity contribution >= 4 is 5.97 Å². The molecule has 2 saturated carbocycles. The fraction of sp³-hybridized carbons (Fsp3) is 0.923. The number of fused-ring (bicyclic) bond motifs is 1. The van der Waals surface area contributed by atoms with E-state index in [0.717, 1.165) is 38.5 Å². The van der Waals surface area contributed by atoms with Crippen molar-refractivity contribution in [3.63, 3.8) is 0 Å². The van der Waals surface area contributed by atoms with Gasteiger partial charge in [0, 0.05) is 12.8 Å². The van der Waals surface area contributed by atoms with Gasteiger partial charge in [0.15, 0.2) is 0 Å². The largest absolute Gasteiger partial charge is 0.462 e. The van der Waals surface area contributed by atoms with E-state index in [-0.39, 0.29) is 23.6 Å². The maximum absolute atomic E-state index is 11.1. The average molecular weight is 226 g/mol. The normalized spacial score (nSPS) is 43.6. The highest BCUT2D eigenvalue weighted by molar-refractivity contribution is 5.66. The molecule has 4 unspecified atom stereocenters. The third kappa shape index (κ3) is 1.97. The zero-order valence-electron chi connectivity index (χ0n) is 10.2. The zero-order chi connectivity index (χ0) is 11.8. The molecule has 0 aromatic heterocycles. The van der Waals surface area contributed by atoms with Gasteiger partial charge >= 0.3 is 5.97 Å². The van der Waals surface area contributed by atoms with E-state index in [1.54, 1.807) is 0 Å². The molecule has 3 heteroatoms. The van der Waals surface area contributed by atoms with Crippen LogP contribution < -0.4 is 0 Å². The van der Waals surface area contributed by atoms with Gasteiger partial charge in [0.2, 0.25) is 0 Å². The summed E-state index contributed by atoms with van der Waals surface area (Å²) in [7, 11) is 0. The van der Waals surface area contributed by atoms with E-state index in [4.69, 9.17) is 4.74 Å². The van der Waals surface area contributed by atoms with Gasteiger partial charge in [0.05, 0.1) is 6.10 Å². The van der Waals surface area contributed by atoms with Crippen LogP contribution in [0.3, 0.4) is 0 Å². The van der Waals surface area contributed by atoms with Gasteiger partial charge in [-0.25, -0.2) is 0 Å². The Balaban J connectivity index is 2.15. The number of ether oxygens (including phenoxy) is 1. The summed E-state index contributed by atoms with van der Waals surface area (Å²) >= 11 is 0. The van der Waals surface area contributed by atoms with Gasteiger partial charge < -0.3 is 9.84 Å². The van der Waals surface area contributed by atoms with Crippen molar-refractivity contribution in [1.82, 2.24) is 0 Å². The molecule has 0 heterocycles. The summed E-state index contributed by atoms with van der Waals surface area (Å²) < 4.78 is 5.42. The third-order valence-corrected chi connectivity index (χ3v) is 4.57. The molecular weight excluding hydrogens is 204 g/mol. The van der Waals surface area contributed by atoms with Crippen molar-refractivity contribution in [1.29, 1.82) is 0 Å². The van der Waals surface area contributed by atoms with Crippen LogP contribution in [0, 0.1) is 11.3 Å². The molecule has 0 aromatic rings. The lowest BCUT2D eigenvalue weighted by atomic mass is 9.58. The van der Waals surface area contributed by atoms with E-state index in [1.807, 2.05) is 0 Å². The van der Waals surface area contributed by atoms with Crippen LogP contribution in [0.4, 0.5) is 0 Å². The van der Waals surface area contributed by atoms with Crippen molar-refractivity contribution in [2.24, 2.45) is 11.3 Å². The molecule has 2 fully saturated rings. The highest BCUT2D eigenvalue weighted by Crippen LogP contribution is 2.51. The maximum Gasteiger partial charge on any atom is 0.302 e.